The third-order valence-electron chi connectivity index (χ3n) is 5.44. The number of H-pyrrole nitrogens is 2. The monoisotopic (exact) mass is 445 g/mol. The van der Waals surface area contributed by atoms with E-state index < -0.39 is 0 Å². The molecule has 0 fully saturated rings. The van der Waals surface area contributed by atoms with Gasteiger partial charge in [0.15, 0.2) is 5.69 Å². The van der Waals surface area contributed by atoms with Gasteiger partial charge in [-0.1, -0.05) is 25.5 Å². The predicted octanol–water partition coefficient (Wildman–Crippen LogP) is 4.74. The van der Waals surface area contributed by atoms with Gasteiger partial charge in [-0.3, -0.25) is 9.89 Å². The average Bonchev–Trinajstić information content (AvgIpc) is 3.37. The molecule has 9 nitrogen and oxygen atoms in total. The van der Waals surface area contributed by atoms with Crippen LogP contribution < -0.4 is 16.0 Å². The summed E-state index contributed by atoms with van der Waals surface area (Å²) in [4.78, 5) is 32.3. The number of nitrogens with one attached hydrogen (secondary N) is 5. The number of fused-ring (bicyclic) bond motifs is 1. The molecule has 3 aromatic heterocycles. The molecule has 4 rings (SSSR count). The van der Waals surface area contributed by atoms with E-state index in [1.807, 2.05) is 50.2 Å². The Kier molecular flexibility index (Phi) is 6.39. The second-order valence-electron chi connectivity index (χ2n) is 7.94. The lowest BCUT2D eigenvalue weighted by atomic mass is 10.1. The van der Waals surface area contributed by atoms with Gasteiger partial charge in [0.1, 0.15) is 5.65 Å². The van der Waals surface area contributed by atoms with E-state index >= 15 is 0 Å². The molecule has 5 N–H and O–H groups in total. The van der Waals surface area contributed by atoms with Gasteiger partial charge in [-0.15, -0.1) is 0 Å². The number of hydrogen-bond donors (Lipinski definition) is 5. The number of aromatic nitrogens is 4. The van der Waals surface area contributed by atoms with Crippen LogP contribution in [0.1, 0.15) is 41.5 Å². The molecule has 0 unspecified atom stereocenters. The summed E-state index contributed by atoms with van der Waals surface area (Å²) in [5.41, 5.74) is 5.79. The van der Waals surface area contributed by atoms with Gasteiger partial charge in [0.05, 0.1) is 11.9 Å². The van der Waals surface area contributed by atoms with Gasteiger partial charge >= 0.3 is 6.03 Å². The Hall–Kier alpha value is -4.14. The first-order valence-electron chi connectivity index (χ1n) is 10.9. The third kappa shape index (κ3) is 5.03. The summed E-state index contributed by atoms with van der Waals surface area (Å²) in [5, 5.41) is 16.3. The summed E-state index contributed by atoms with van der Waals surface area (Å²) in [7, 11) is 0. The SMILES string of the molecule is CCCCNC(=O)Nc1cccc(-c2cc3cc(NC(=O)c4n[nH]c(C)c4C)cnc3[nH]2)c1. The summed E-state index contributed by atoms with van der Waals surface area (Å²) in [6, 6.07) is 11.2. The van der Waals surface area contributed by atoms with E-state index in [-0.39, 0.29) is 11.9 Å². The van der Waals surface area contributed by atoms with Crippen LogP contribution in [0.4, 0.5) is 16.2 Å². The Labute approximate surface area is 191 Å². The molecule has 0 bridgehead atoms. The molecule has 0 saturated carbocycles. The third-order valence-corrected chi connectivity index (χ3v) is 5.44. The zero-order valence-corrected chi connectivity index (χ0v) is 18.9. The molecule has 0 atom stereocenters. The molecule has 0 saturated heterocycles. The van der Waals surface area contributed by atoms with Gasteiger partial charge in [0, 0.05) is 40.1 Å². The second kappa shape index (κ2) is 9.56. The molecule has 0 aliphatic rings. The molecule has 33 heavy (non-hydrogen) atoms. The smallest absolute Gasteiger partial charge is 0.319 e. The first-order chi connectivity index (χ1) is 15.9. The fraction of sp³-hybridized carbons (Fsp3) is 0.250. The summed E-state index contributed by atoms with van der Waals surface area (Å²) in [6.45, 7) is 6.45. The number of amides is 3. The molecule has 3 amide bonds. The lowest BCUT2D eigenvalue weighted by Crippen LogP contribution is -2.29. The maximum Gasteiger partial charge on any atom is 0.319 e. The summed E-state index contributed by atoms with van der Waals surface area (Å²) in [6.07, 6.45) is 3.57. The minimum atomic E-state index is -0.287. The molecule has 0 aliphatic carbocycles. The number of unbranched alkanes of at least 4 members (excludes halogenated alkanes) is 1. The lowest BCUT2D eigenvalue weighted by Gasteiger charge is -2.08. The number of anilines is 2. The quantitative estimate of drug-likeness (QED) is 0.263. The highest BCUT2D eigenvalue weighted by atomic mass is 16.2. The van der Waals surface area contributed by atoms with Crippen LogP contribution >= 0.6 is 0 Å². The maximum atomic E-state index is 12.6. The maximum absolute atomic E-state index is 12.6. The first-order valence-corrected chi connectivity index (χ1v) is 10.9. The zero-order chi connectivity index (χ0) is 23.4. The fourth-order valence-electron chi connectivity index (χ4n) is 3.45. The molecular weight excluding hydrogens is 418 g/mol. The number of pyridine rings is 1. The van der Waals surface area contributed by atoms with E-state index in [2.05, 4.69) is 43.0 Å². The second-order valence-corrected chi connectivity index (χ2v) is 7.94. The van der Waals surface area contributed by atoms with Gasteiger partial charge in [0.2, 0.25) is 0 Å². The van der Waals surface area contributed by atoms with Gasteiger partial charge in [0.25, 0.3) is 5.91 Å². The Morgan fingerprint density at radius 2 is 1.91 bits per heavy atom. The Balaban J connectivity index is 1.50. The number of nitrogens with zero attached hydrogens (tertiary/aromatic N) is 2. The van der Waals surface area contributed by atoms with Crippen LogP contribution in [0.5, 0.6) is 0 Å². The number of benzene rings is 1. The molecule has 4 aromatic rings. The molecular formula is C24H27N7O2. The van der Waals surface area contributed by atoms with E-state index in [1.54, 1.807) is 6.20 Å². The number of carbonyl (C=O) groups excluding carboxylic acids is 2. The van der Waals surface area contributed by atoms with Crippen LogP contribution in [-0.4, -0.2) is 38.6 Å². The summed E-state index contributed by atoms with van der Waals surface area (Å²) >= 11 is 0. The number of urea groups is 1. The van der Waals surface area contributed by atoms with Crippen LogP contribution in [0.3, 0.4) is 0 Å². The van der Waals surface area contributed by atoms with Crippen molar-refractivity contribution in [2.45, 2.75) is 33.6 Å². The minimum absolute atomic E-state index is 0.221. The molecule has 0 spiro atoms. The Morgan fingerprint density at radius 1 is 1.06 bits per heavy atom. The lowest BCUT2D eigenvalue weighted by molar-refractivity contribution is 0.102. The van der Waals surface area contributed by atoms with Crippen molar-refractivity contribution in [2.24, 2.45) is 0 Å². The molecule has 9 heteroatoms. The highest BCUT2D eigenvalue weighted by Crippen LogP contribution is 2.27. The molecule has 0 aliphatic heterocycles. The van der Waals surface area contributed by atoms with Crippen molar-refractivity contribution in [1.29, 1.82) is 0 Å². The van der Waals surface area contributed by atoms with Crippen molar-refractivity contribution >= 4 is 34.3 Å². The summed E-state index contributed by atoms with van der Waals surface area (Å²) < 4.78 is 0. The van der Waals surface area contributed by atoms with E-state index in [0.29, 0.717) is 29.3 Å². The van der Waals surface area contributed by atoms with Crippen LogP contribution in [0.2, 0.25) is 0 Å². The van der Waals surface area contributed by atoms with E-state index in [4.69, 9.17) is 0 Å². The largest absolute Gasteiger partial charge is 0.339 e. The standard InChI is InChI=1S/C24H27N7O2/c1-4-5-9-25-24(33)28-18-8-6-7-16(10-18)20-12-17-11-19(13-26-22(17)29-20)27-23(32)21-14(2)15(3)30-31-21/h6-8,10-13H,4-5,9H2,1-3H3,(H,26,29)(H,27,32)(H,30,31)(H2,25,28,33). The van der Waals surface area contributed by atoms with Crippen molar-refractivity contribution < 1.29 is 9.59 Å². The highest BCUT2D eigenvalue weighted by molar-refractivity contribution is 6.04. The number of carbonyl (C=O) groups is 2. The Morgan fingerprint density at radius 3 is 2.67 bits per heavy atom. The van der Waals surface area contributed by atoms with E-state index in [9.17, 15) is 9.59 Å². The van der Waals surface area contributed by atoms with Gasteiger partial charge in [-0.05, 0) is 44.5 Å². The Bertz CT molecular complexity index is 1310. The zero-order valence-electron chi connectivity index (χ0n) is 18.9. The molecule has 3 heterocycles. The van der Waals surface area contributed by atoms with E-state index in [1.165, 1.54) is 0 Å². The van der Waals surface area contributed by atoms with Crippen molar-refractivity contribution in [2.75, 3.05) is 17.2 Å². The van der Waals surface area contributed by atoms with Crippen molar-refractivity contribution in [1.82, 2.24) is 25.5 Å². The average molecular weight is 446 g/mol. The highest BCUT2D eigenvalue weighted by Gasteiger charge is 2.15. The normalized spacial score (nSPS) is 10.9. The fourth-order valence-corrected chi connectivity index (χ4v) is 3.45. The van der Waals surface area contributed by atoms with Gasteiger partial charge in [-0.25, -0.2) is 9.78 Å². The summed E-state index contributed by atoms with van der Waals surface area (Å²) in [5.74, 6) is -0.287. The van der Waals surface area contributed by atoms with Crippen LogP contribution in [-0.2, 0) is 0 Å². The first kappa shape index (κ1) is 22.1. The van der Waals surface area contributed by atoms with E-state index in [0.717, 1.165) is 40.7 Å². The van der Waals surface area contributed by atoms with Gasteiger partial charge < -0.3 is 20.9 Å². The molecule has 170 valence electrons. The minimum Gasteiger partial charge on any atom is -0.339 e. The van der Waals surface area contributed by atoms with Gasteiger partial charge in [-0.2, -0.15) is 5.10 Å². The van der Waals surface area contributed by atoms with Crippen LogP contribution in [0.15, 0.2) is 42.6 Å². The van der Waals surface area contributed by atoms with Crippen molar-refractivity contribution in [3.8, 4) is 11.3 Å². The molecule has 1 aromatic carbocycles. The van der Waals surface area contributed by atoms with Crippen molar-refractivity contribution in [3.05, 3.63) is 59.5 Å². The molecule has 0 radical (unpaired) electrons. The number of aromatic amines is 2. The van der Waals surface area contributed by atoms with Crippen LogP contribution in [0, 0.1) is 13.8 Å². The predicted molar refractivity (Wildman–Crippen MR) is 129 cm³/mol. The number of hydrogen-bond acceptors (Lipinski definition) is 4. The van der Waals surface area contributed by atoms with Crippen molar-refractivity contribution in [3.63, 3.8) is 0 Å². The number of rotatable bonds is 7. The van der Waals surface area contributed by atoms with Crippen LogP contribution in [0.25, 0.3) is 22.3 Å². The topological polar surface area (TPSA) is 128 Å². The number of aryl methyl sites for hydroxylation is 1.